The Kier molecular flexibility index (Phi) is 8.38. The Bertz CT molecular complexity index is 1230. The molecule has 0 aliphatic carbocycles. The number of carboxylic acids is 1. The van der Waals surface area contributed by atoms with E-state index < -0.39 is 18.0 Å². The zero-order chi connectivity index (χ0) is 25.7. The molecule has 3 amide bonds. The van der Waals surface area contributed by atoms with Crippen LogP contribution in [0.1, 0.15) is 24.2 Å². The third kappa shape index (κ3) is 6.53. The number of nitrogens with zero attached hydrogens (tertiary/aromatic N) is 1. The van der Waals surface area contributed by atoms with E-state index in [0.29, 0.717) is 27.0 Å². The summed E-state index contributed by atoms with van der Waals surface area (Å²) in [6.45, 7) is 3.53. The lowest BCUT2D eigenvalue weighted by Gasteiger charge is -2.27. The molecule has 0 radical (unpaired) electrons. The van der Waals surface area contributed by atoms with Crippen molar-refractivity contribution in [3.8, 4) is 11.1 Å². The standard InChI is InChI=1S/C26H25Cl2N3O4/c1-15(2)23(25(33)34)31(3)24(32)18-6-4-16(5-7-18)17-8-10-19(11-9-17)29-26(35)30-20-12-13-21(27)22(28)14-20/h4-15,23H,1-3H3,(H,33,34)(H2,29,30,35)/t23-/m0/s1. The van der Waals surface area contributed by atoms with Gasteiger partial charge in [0.1, 0.15) is 6.04 Å². The normalized spacial score (nSPS) is 11.6. The number of amides is 3. The van der Waals surface area contributed by atoms with Gasteiger partial charge in [0.05, 0.1) is 10.0 Å². The molecular formula is C26H25Cl2N3O4. The van der Waals surface area contributed by atoms with Crippen molar-refractivity contribution in [3.63, 3.8) is 0 Å². The summed E-state index contributed by atoms with van der Waals surface area (Å²) >= 11 is 11.9. The highest BCUT2D eigenvalue weighted by atomic mass is 35.5. The fourth-order valence-electron chi connectivity index (χ4n) is 3.65. The summed E-state index contributed by atoms with van der Waals surface area (Å²) in [5.74, 6) is -1.61. The first-order valence-electron chi connectivity index (χ1n) is 10.8. The third-order valence-corrected chi connectivity index (χ3v) is 6.15. The fourth-order valence-corrected chi connectivity index (χ4v) is 3.94. The van der Waals surface area contributed by atoms with Gasteiger partial charge in [0.2, 0.25) is 0 Å². The number of aliphatic carboxylic acids is 1. The number of hydrogen-bond donors (Lipinski definition) is 3. The average molecular weight is 514 g/mol. The summed E-state index contributed by atoms with van der Waals surface area (Å²) < 4.78 is 0. The van der Waals surface area contributed by atoms with Crippen LogP contribution >= 0.6 is 23.2 Å². The quantitative estimate of drug-likeness (QED) is 0.336. The smallest absolute Gasteiger partial charge is 0.326 e. The van der Waals surface area contributed by atoms with Crippen molar-refractivity contribution >= 4 is 52.5 Å². The van der Waals surface area contributed by atoms with Crippen molar-refractivity contribution in [2.45, 2.75) is 19.9 Å². The van der Waals surface area contributed by atoms with Gasteiger partial charge in [-0.25, -0.2) is 9.59 Å². The molecule has 3 aromatic carbocycles. The lowest BCUT2D eigenvalue weighted by atomic mass is 10.0. The van der Waals surface area contributed by atoms with Crippen LogP contribution in [-0.4, -0.2) is 41.0 Å². The molecule has 1 atom stereocenters. The van der Waals surface area contributed by atoms with Crippen LogP contribution in [0.2, 0.25) is 10.0 Å². The summed E-state index contributed by atoms with van der Waals surface area (Å²) in [5.41, 5.74) is 3.26. The van der Waals surface area contributed by atoms with E-state index in [2.05, 4.69) is 10.6 Å². The molecule has 0 spiro atoms. The number of benzene rings is 3. The Morgan fingerprint density at radius 1 is 0.800 bits per heavy atom. The van der Waals surface area contributed by atoms with E-state index in [9.17, 15) is 19.5 Å². The molecule has 0 aromatic heterocycles. The topological polar surface area (TPSA) is 98.7 Å². The van der Waals surface area contributed by atoms with Gasteiger partial charge in [-0.15, -0.1) is 0 Å². The monoisotopic (exact) mass is 513 g/mol. The van der Waals surface area contributed by atoms with Crippen LogP contribution in [-0.2, 0) is 4.79 Å². The van der Waals surface area contributed by atoms with Gasteiger partial charge >= 0.3 is 12.0 Å². The lowest BCUT2D eigenvalue weighted by molar-refractivity contribution is -0.143. The molecule has 0 unspecified atom stereocenters. The highest BCUT2D eigenvalue weighted by Crippen LogP contribution is 2.26. The van der Waals surface area contributed by atoms with Gasteiger partial charge in [0, 0.05) is 24.0 Å². The number of anilines is 2. The predicted octanol–water partition coefficient (Wildman–Crippen LogP) is 6.49. The number of carbonyl (C=O) groups is 3. The SMILES string of the molecule is CC(C)[C@@H](C(=O)O)N(C)C(=O)c1ccc(-c2ccc(NC(=O)Nc3ccc(Cl)c(Cl)c3)cc2)cc1. The van der Waals surface area contributed by atoms with Gasteiger partial charge in [0.25, 0.3) is 5.91 Å². The zero-order valence-electron chi connectivity index (χ0n) is 19.4. The van der Waals surface area contributed by atoms with Gasteiger partial charge in [0.15, 0.2) is 0 Å². The molecule has 0 aliphatic rings. The van der Waals surface area contributed by atoms with Gasteiger partial charge in [-0.1, -0.05) is 61.3 Å². The number of hydrogen-bond acceptors (Lipinski definition) is 3. The van der Waals surface area contributed by atoms with Gasteiger partial charge < -0.3 is 20.6 Å². The van der Waals surface area contributed by atoms with Gasteiger partial charge in [-0.05, 0) is 59.5 Å². The van der Waals surface area contributed by atoms with E-state index in [1.54, 1.807) is 68.4 Å². The minimum Gasteiger partial charge on any atom is -0.480 e. The number of urea groups is 1. The molecular weight excluding hydrogens is 489 g/mol. The Labute approximate surface area is 213 Å². The molecule has 35 heavy (non-hydrogen) atoms. The Hall–Kier alpha value is -3.55. The number of likely N-dealkylation sites (N-methyl/N-ethyl adjacent to an activating group) is 1. The van der Waals surface area contributed by atoms with E-state index in [0.717, 1.165) is 11.1 Å². The summed E-state index contributed by atoms with van der Waals surface area (Å²) in [6, 6.07) is 17.6. The van der Waals surface area contributed by atoms with Gasteiger partial charge in [-0.3, -0.25) is 4.79 Å². The molecule has 9 heteroatoms. The molecule has 3 aromatic rings. The molecule has 0 saturated heterocycles. The Morgan fingerprint density at radius 2 is 1.31 bits per heavy atom. The second-order valence-corrected chi connectivity index (χ2v) is 9.12. The average Bonchev–Trinajstić information content (AvgIpc) is 2.81. The van der Waals surface area contributed by atoms with Crippen LogP contribution in [0, 0.1) is 5.92 Å². The largest absolute Gasteiger partial charge is 0.480 e. The van der Waals surface area contributed by atoms with E-state index in [-0.39, 0.29) is 11.8 Å². The molecule has 0 bridgehead atoms. The first kappa shape index (κ1) is 26.1. The second kappa shape index (κ2) is 11.3. The van der Waals surface area contributed by atoms with Crippen LogP contribution in [0.5, 0.6) is 0 Å². The van der Waals surface area contributed by atoms with Crippen LogP contribution in [0.25, 0.3) is 11.1 Å². The number of carbonyl (C=O) groups excluding carboxylic acids is 2. The molecule has 0 fully saturated rings. The summed E-state index contributed by atoms with van der Waals surface area (Å²) in [6.07, 6.45) is 0. The summed E-state index contributed by atoms with van der Waals surface area (Å²) in [4.78, 5) is 37.8. The zero-order valence-corrected chi connectivity index (χ0v) is 20.9. The minimum absolute atomic E-state index is 0.223. The highest BCUT2D eigenvalue weighted by molar-refractivity contribution is 6.42. The maximum Gasteiger partial charge on any atom is 0.326 e. The van der Waals surface area contributed by atoms with Crippen molar-refractivity contribution in [2.24, 2.45) is 5.92 Å². The van der Waals surface area contributed by atoms with E-state index in [1.165, 1.54) is 11.9 Å². The predicted molar refractivity (Wildman–Crippen MR) is 139 cm³/mol. The first-order valence-corrected chi connectivity index (χ1v) is 11.6. The van der Waals surface area contributed by atoms with Crippen LogP contribution < -0.4 is 10.6 Å². The maximum atomic E-state index is 12.8. The number of rotatable bonds is 7. The maximum absolute atomic E-state index is 12.8. The Morgan fingerprint density at radius 3 is 1.83 bits per heavy atom. The molecule has 0 saturated carbocycles. The first-order chi connectivity index (χ1) is 16.6. The third-order valence-electron chi connectivity index (χ3n) is 5.41. The van der Waals surface area contributed by atoms with Crippen molar-refractivity contribution in [1.82, 2.24) is 4.90 Å². The molecule has 7 nitrogen and oxygen atoms in total. The molecule has 3 rings (SSSR count). The number of nitrogens with one attached hydrogen (secondary N) is 2. The van der Waals surface area contributed by atoms with Crippen LogP contribution in [0.3, 0.4) is 0 Å². The number of halogens is 2. The van der Waals surface area contributed by atoms with Crippen molar-refractivity contribution in [3.05, 3.63) is 82.3 Å². The Balaban J connectivity index is 1.65. The van der Waals surface area contributed by atoms with E-state index in [1.807, 2.05) is 12.1 Å². The van der Waals surface area contributed by atoms with E-state index in [4.69, 9.17) is 23.2 Å². The minimum atomic E-state index is -1.04. The summed E-state index contributed by atoms with van der Waals surface area (Å²) in [5, 5.41) is 15.6. The molecule has 0 heterocycles. The molecule has 0 aliphatic heterocycles. The molecule has 3 N–H and O–H groups in total. The van der Waals surface area contributed by atoms with Gasteiger partial charge in [-0.2, -0.15) is 0 Å². The van der Waals surface area contributed by atoms with Crippen molar-refractivity contribution in [2.75, 3.05) is 17.7 Å². The van der Waals surface area contributed by atoms with E-state index >= 15 is 0 Å². The number of carboxylic acid groups (broad SMARTS) is 1. The lowest BCUT2D eigenvalue weighted by Crippen LogP contribution is -2.45. The highest BCUT2D eigenvalue weighted by Gasteiger charge is 2.30. The van der Waals surface area contributed by atoms with Crippen LogP contribution in [0.4, 0.5) is 16.2 Å². The van der Waals surface area contributed by atoms with Crippen molar-refractivity contribution in [1.29, 1.82) is 0 Å². The van der Waals surface area contributed by atoms with Crippen LogP contribution in [0.15, 0.2) is 66.7 Å². The molecule has 182 valence electrons. The fraction of sp³-hybridized carbons (Fsp3) is 0.192. The second-order valence-electron chi connectivity index (χ2n) is 8.31. The van der Waals surface area contributed by atoms with Crippen molar-refractivity contribution < 1.29 is 19.5 Å². The summed E-state index contributed by atoms with van der Waals surface area (Å²) in [7, 11) is 1.50.